The molecule has 5 nitrogen and oxygen atoms in total. The fourth-order valence-corrected chi connectivity index (χ4v) is 3.90. The third kappa shape index (κ3) is 3.09. The summed E-state index contributed by atoms with van der Waals surface area (Å²) in [6.45, 7) is 0.179. The average Bonchev–Trinajstić information content (AvgIpc) is 2.85. The van der Waals surface area contributed by atoms with Gasteiger partial charge in [-0.2, -0.15) is 17.5 Å². The van der Waals surface area contributed by atoms with Gasteiger partial charge in [-0.05, 0) is 19.1 Å². The number of hydrogen-bond acceptors (Lipinski definition) is 3. The van der Waals surface area contributed by atoms with E-state index in [1.807, 2.05) is 0 Å². The fraction of sp³-hybridized carbons (Fsp3) is 0.462. The van der Waals surface area contributed by atoms with Crippen molar-refractivity contribution in [2.75, 3.05) is 13.1 Å². The van der Waals surface area contributed by atoms with E-state index in [0.29, 0.717) is 4.31 Å². The maximum Gasteiger partial charge on any atom is 0.393 e. The molecule has 0 unspecified atom stereocenters. The predicted octanol–water partition coefficient (Wildman–Crippen LogP) is 1.88. The van der Waals surface area contributed by atoms with E-state index in [1.165, 1.54) is 24.3 Å². The highest BCUT2D eigenvalue weighted by molar-refractivity contribution is 7.89. The molecule has 2 atom stereocenters. The number of rotatable bonds is 3. The molecule has 1 saturated heterocycles. The van der Waals surface area contributed by atoms with Crippen LogP contribution >= 0.6 is 0 Å². The topological polar surface area (TPSA) is 74.7 Å². The summed E-state index contributed by atoms with van der Waals surface area (Å²) < 4.78 is 64.0. The normalized spacial score (nSPS) is 23.6. The van der Waals surface area contributed by atoms with Gasteiger partial charge in [-0.15, -0.1) is 0 Å². The van der Waals surface area contributed by atoms with Crippen LogP contribution in [0.4, 0.5) is 13.2 Å². The second-order valence-electron chi connectivity index (χ2n) is 5.23. The standard InChI is InChI=1S/C13H14F3NO4S/c1-8-2-4-9(5-3-8)22(20,21)17-6-10(12(18)19)11(7-17)13(14,15)16/h2-5,10-11H,6-7H2,1H3,(H,18,19)/t10-,11-/m1/s1. The van der Waals surface area contributed by atoms with Crippen molar-refractivity contribution in [3.8, 4) is 0 Å². The molecule has 1 heterocycles. The largest absolute Gasteiger partial charge is 0.481 e. The molecule has 1 N–H and O–H groups in total. The molecular weight excluding hydrogens is 323 g/mol. The van der Waals surface area contributed by atoms with Crippen LogP contribution in [-0.2, 0) is 14.8 Å². The van der Waals surface area contributed by atoms with E-state index in [-0.39, 0.29) is 4.90 Å². The highest BCUT2D eigenvalue weighted by Crippen LogP contribution is 2.39. The monoisotopic (exact) mass is 337 g/mol. The van der Waals surface area contributed by atoms with Crippen LogP contribution in [0.1, 0.15) is 5.56 Å². The summed E-state index contributed by atoms with van der Waals surface area (Å²) in [5, 5.41) is 8.92. The zero-order valence-electron chi connectivity index (χ0n) is 11.5. The molecule has 0 bridgehead atoms. The summed E-state index contributed by atoms with van der Waals surface area (Å²) in [7, 11) is -4.15. The van der Waals surface area contributed by atoms with Crippen molar-refractivity contribution in [2.24, 2.45) is 11.8 Å². The minimum atomic E-state index is -4.76. The Kier molecular flexibility index (Phi) is 4.22. The Labute approximate surface area is 125 Å². The number of benzene rings is 1. The lowest BCUT2D eigenvalue weighted by Gasteiger charge is -2.18. The van der Waals surface area contributed by atoms with Gasteiger partial charge < -0.3 is 5.11 Å². The first-order chi connectivity index (χ1) is 10.0. The molecule has 0 radical (unpaired) electrons. The number of aryl methyl sites for hydroxylation is 1. The Morgan fingerprint density at radius 3 is 2.18 bits per heavy atom. The molecule has 2 rings (SSSR count). The molecule has 0 aromatic heterocycles. The molecule has 0 saturated carbocycles. The lowest BCUT2D eigenvalue weighted by Crippen LogP contribution is -2.34. The van der Waals surface area contributed by atoms with Gasteiger partial charge >= 0.3 is 12.1 Å². The molecule has 1 aliphatic heterocycles. The van der Waals surface area contributed by atoms with Gasteiger partial charge in [0, 0.05) is 13.1 Å². The van der Waals surface area contributed by atoms with Gasteiger partial charge in [0.1, 0.15) is 0 Å². The van der Waals surface area contributed by atoms with Gasteiger partial charge in [-0.25, -0.2) is 8.42 Å². The average molecular weight is 337 g/mol. The Bertz CT molecular complexity index is 670. The predicted molar refractivity (Wildman–Crippen MR) is 70.6 cm³/mol. The minimum Gasteiger partial charge on any atom is -0.481 e. The highest BCUT2D eigenvalue weighted by Gasteiger charge is 2.54. The third-order valence-corrected chi connectivity index (χ3v) is 5.53. The van der Waals surface area contributed by atoms with Crippen molar-refractivity contribution in [1.29, 1.82) is 0 Å². The van der Waals surface area contributed by atoms with Crippen LogP contribution in [0.2, 0.25) is 0 Å². The fourth-order valence-electron chi connectivity index (χ4n) is 2.41. The lowest BCUT2D eigenvalue weighted by molar-refractivity contribution is -0.187. The first-order valence-electron chi connectivity index (χ1n) is 6.40. The Balaban J connectivity index is 2.33. The third-order valence-electron chi connectivity index (χ3n) is 3.68. The number of nitrogens with zero attached hydrogens (tertiary/aromatic N) is 1. The van der Waals surface area contributed by atoms with Crippen molar-refractivity contribution in [3.05, 3.63) is 29.8 Å². The van der Waals surface area contributed by atoms with Crippen molar-refractivity contribution >= 4 is 16.0 Å². The minimum absolute atomic E-state index is 0.148. The molecule has 9 heteroatoms. The van der Waals surface area contributed by atoms with Crippen molar-refractivity contribution < 1.29 is 31.5 Å². The van der Waals surface area contributed by atoms with Crippen LogP contribution in [-0.4, -0.2) is 43.1 Å². The van der Waals surface area contributed by atoms with Crippen molar-refractivity contribution in [2.45, 2.75) is 18.0 Å². The second kappa shape index (κ2) is 5.54. The first kappa shape index (κ1) is 16.8. The highest BCUT2D eigenvalue weighted by atomic mass is 32.2. The first-order valence-corrected chi connectivity index (χ1v) is 7.84. The summed E-state index contributed by atoms with van der Waals surface area (Å²) in [5.74, 6) is -5.64. The van der Waals surface area contributed by atoms with Crippen LogP contribution in [0.3, 0.4) is 0 Å². The SMILES string of the molecule is Cc1ccc(S(=O)(=O)N2C[C@@H](C(F)(F)F)[C@H](C(=O)O)C2)cc1. The lowest BCUT2D eigenvalue weighted by atomic mass is 9.96. The number of hydrogen-bond donors (Lipinski definition) is 1. The van der Waals surface area contributed by atoms with Crippen LogP contribution in [0.15, 0.2) is 29.2 Å². The van der Waals surface area contributed by atoms with Crippen LogP contribution in [0, 0.1) is 18.8 Å². The maximum atomic E-state index is 12.9. The van der Waals surface area contributed by atoms with E-state index in [9.17, 15) is 26.4 Å². The summed E-state index contributed by atoms with van der Waals surface area (Å²) in [6.07, 6.45) is -4.76. The van der Waals surface area contributed by atoms with Crippen LogP contribution < -0.4 is 0 Å². The van der Waals surface area contributed by atoms with Gasteiger partial charge in [-0.1, -0.05) is 17.7 Å². The summed E-state index contributed by atoms with van der Waals surface area (Å²) in [6, 6.07) is 5.64. The molecule has 0 aliphatic carbocycles. The molecular formula is C13H14F3NO4S. The second-order valence-corrected chi connectivity index (χ2v) is 7.17. The molecule has 22 heavy (non-hydrogen) atoms. The number of carbonyl (C=O) groups is 1. The van der Waals surface area contributed by atoms with Crippen molar-refractivity contribution in [1.82, 2.24) is 4.31 Å². The Morgan fingerprint density at radius 1 is 1.23 bits per heavy atom. The van der Waals surface area contributed by atoms with Gasteiger partial charge in [0.05, 0.1) is 16.7 Å². The summed E-state index contributed by atoms with van der Waals surface area (Å²) >= 11 is 0. The van der Waals surface area contributed by atoms with Gasteiger partial charge in [-0.3, -0.25) is 4.79 Å². The zero-order valence-corrected chi connectivity index (χ0v) is 12.4. The van der Waals surface area contributed by atoms with E-state index >= 15 is 0 Å². The quantitative estimate of drug-likeness (QED) is 0.914. The van der Waals surface area contributed by atoms with Crippen molar-refractivity contribution in [3.63, 3.8) is 0 Å². The molecule has 1 fully saturated rings. The zero-order chi connectivity index (χ0) is 16.7. The molecule has 1 aromatic carbocycles. The molecule has 0 amide bonds. The number of carboxylic acids is 1. The van der Waals surface area contributed by atoms with Crippen LogP contribution in [0.5, 0.6) is 0 Å². The van der Waals surface area contributed by atoms with E-state index in [0.717, 1.165) is 5.56 Å². The maximum absolute atomic E-state index is 12.9. The summed E-state index contributed by atoms with van der Waals surface area (Å²) in [4.78, 5) is 10.8. The number of aliphatic carboxylic acids is 1. The molecule has 1 aromatic rings. The Hall–Kier alpha value is -1.61. The van der Waals surface area contributed by atoms with Gasteiger partial charge in [0.15, 0.2) is 0 Å². The Morgan fingerprint density at radius 2 is 1.77 bits per heavy atom. The smallest absolute Gasteiger partial charge is 0.393 e. The molecule has 1 aliphatic rings. The number of halogens is 3. The van der Waals surface area contributed by atoms with E-state index in [4.69, 9.17) is 5.11 Å². The van der Waals surface area contributed by atoms with E-state index < -0.39 is 47.1 Å². The van der Waals surface area contributed by atoms with E-state index in [1.54, 1.807) is 6.92 Å². The summed E-state index contributed by atoms with van der Waals surface area (Å²) in [5.41, 5.74) is 0.803. The number of carboxylic acid groups (broad SMARTS) is 1. The molecule has 0 spiro atoms. The molecule has 122 valence electrons. The van der Waals surface area contributed by atoms with Gasteiger partial charge in [0.25, 0.3) is 0 Å². The van der Waals surface area contributed by atoms with E-state index in [2.05, 4.69) is 0 Å². The van der Waals surface area contributed by atoms with Crippen LogP contribution in [0.25, 0.3) is 0 Å². The number of alkyl halides is 3. The number of sulfonamides is 1. The van der Waals surface area contributed by atoms with Gasteiger partial charge in [0.2, 0.25) is 10.0 Å².